The maximum absolute atomic E-state index is 9.57. The van der Waals surface area contributed by atoms with E-state index in [0.29, 0.717) is 10.6 Å². The topological polar surface area (TPSA) is 46.1 Å². The Morgan fingerprint density at radius 3 is 2.33 bits per heavy atom. The molecule has 2 aromatic carbocycles. The molecule has 27 heavy (non-hydrogen) atoms. The zero-order valence-corrected chi connectivity index (χ0v) is 15.8. The van der Waals surface area contributed by atoms with Crippen LogP contribution in [0.4, 0.5) is 5.69 Å². The third kappa shape index (κ3) is 3.85. The van der Waals surface area contributed by atoms with Gasteiger partial charge in [-0.25, -0.2) is 0 Å². The lowest BCUT2D eigenvalue weighted by Crippen LogP contribution is -2.46. The van der Waals surface area contributed by atoms with E-state index in [-0.39, 0.29) is 0 Å². The molecule has 3 aromatic rings. The number of halogens is 1. The Hall–Kier alpha value is -2.74. The van der Waals surface area contributed by atoms with Crippen LogP contribution in [0.3, 0.4) is 0 Å². The van der Waals surface area contributed by atoms with Crippen molar-refractivity contribution in [2.24, 2.45) is 0 Å². The zero-order valence-electron chi connectivity index (χ0n) is 15.0. The van der Waals surface area contributed by atoms with Crippen LogP contribution in [0.5, 0.6) is 0 Å². The molecule has 136 valence electrons. The molecule has 1 saturated heterocycles. The molecule has 0 atom stereocenters. The van der Waals surface area contributed by atoms with E-state index in [1.807, 2.05) is 24.3 Å². The van der Waals surface area contributed by atoms with Crippen molar-refractivity contribution >= 4 is 17.3 Å². The number of anilines is 1. The lowest BCUT2D eigenvalue weighted by molar-refractivity contribution is 0.250. The Bertz CT molecular complexity index is 933. The van der Waals surface area contributed by atoms with Gasteiger partial charge in [-0.3, -0.25) is 4.90 Å². The summed E-state index contributed by atoms with van der Waals surface area (Å²) in [5.41, 5.74) is 5.06. The van der Waals surface area contributed by atoms with E-state index in [1.165, 1.54) is 5.56 Å². The van der Waals surface area contributed by atoms with Gasteiger partial charge in [-0.2, -0.15) is 5.26 Å². The summed E-state index contributed by atoms with van der Waals surface area (Å²) < 4.78 is 0. The number of aromatic nitrogens is 1. The van der Waals surface area contributed by atoms with Crippen LogP contribution in [0.2, 0.25) is 5.02 Å². The summed E-state index contributed by atoms with van der Waals surface area (Å²) in [6, 6.07) is 20.6. The molecule has 0 radical (unpaired) electrons. The van der Waals surface area contributed by atoms with Crippen molar-refractivity contribution in [3.63, 3.8) is 0 Å². The van der Waals surface area contributed by atoms with Gasteiger partial charge in [0, 0.05) is 49.5 Å². The fourth-order valence-corrected chi connectivity index (χ4v) is 3.76. The van der Waals surface area contributed by atoms with E-state index in [0.717, 1.165) is 49.7 Å². The molecular weight excluding hydrogens is 356 g/mol. The van der Waals surface area contributed by atoms with E-state index in [1.54, 1.807) is 6.20 Å². The summed E-state index contributed by atoms with van der Waals surface area (Å²) in [7, 11) is 0. The zero-order chi connectivity index (χ0) is 18.6. The van der Waals surface area contributed by atoms with Gasteiger partial charge in [-0.05, 0) is 17.7 Å². The Labute approximate surface area is 164 Å². The van der Waals surface area contributed by atoms with Gasteiger partial charge in [0.25, 0.3) is 0 Å². The molecule has 1 fully saturated rings. The first-order chi connectivity index (χ1) is 13.2. The number of benzene rings is 2. The fraction of sp³-hybridized carbons (Fsp3) is 0.227. The summed E-state index contributed by atoms with van der Waals surface area (Å²) in [6.07, 6.45) is 1.80. The highest BCUT2D eigenvalue weighted by Crippen LogP contribution is 2.34. The molecule has 0 unspecified atom stereocenters. The highest BCUT2D eigenvalue weighted by molar-refractivity contribution is 6.30. The largest absolute Gasteiger partial charge is 0.366 e. The van der Waals surface area contributed by atoms with Gasteiger partial charge < -0.3 is 9.88 Å². The minimum Gasteiger partial charge on any atom is -0.366 e. The molecular formula is C22H21ClN4. The van der Waals surface area contributed by atoms with Crippen molar-refractivity contribution in [3.8, 4) is 17.3 Å². The number of hydrogen-bond donors (Lipinski definition) is 1. The summed E-state index contributed by atoms with van der Waals surface area (Å²) in [5, 5.41) is 10.3. The van der Waals surface area contributed by atoms with Crippen molar-refractivity contribution < 1.29 is 0 Å². The first-order valence-electron chi connectivity index (χ1n) is 9.13. The average Bonchev–Trinajstić information content (AvgIpc) is 3.14. The molecule has 1 aromatic heterocycles. The van der Waals surface area contributed by atoms with Crippen LogP contribution in [0.25, 0.3) is 11.3 Å². The Morgan fingerprint density at radius 1 is 0.963 bits per heavy atom. The number of piperazine rings is 1. The van der Waals surface area contributed by atoms with E-state index < -0.39 is 0 Å². The highest BCUT2D eigenvalue weighted by atomic mass is 35.5. The molecule has 0 amide bonds. The van der Waals surface area contributed by atoms with E-state index in [4.69, 9.17) is 11.6 Å². The number of nitrogens with one attached hydrogen (secondary N) is 1. The molecule has 1 aliphatic heterocycles. The third-order valence-corrected chi connectivity index (χ3v) is 5.30. The molecule has 1 aliphatic rings. The van der Waals surface area contributed by atoms with Crippen molar-refractivity contribution in [1.29, 1.82) is 5.26 Å². The SMILES string of the molecule is N#Cc1c[nH]c(-c2ccc(Cl)cc2)c1N1CCN(Cc2ccccc2)CC1. The monoisotopic (exact) mass is 376 g/mol. The standard InChI is InChI=1S/C22H21ClN4/c23-20-8-6-18(7-9-20)21-22(19(14-24)15-25-21)27-12-10-26(11-13-27)16-17-4-2-1-3-5-17/h1-9,15,25H,10-13,16H2. The number of nitriles is 1. The number of H-pyrrole nitrogens is 1. The normalized spacial score (nSPS) is 14.9. The lowest BCUT2D eigenvalue weighted by atomic mass is 10.1. The first-order valence-corrected chi connectivity index (χ1v) is 9.51. The number of hydrogen-bond acceptors (Lipinski definition) is 3. The van der Waals surface area contributed by atoms with Gasteiger partial charge in [0.05, 0.1) is 16.9 Å². The second-order valence-electron chi connectivity index (χ2n) is 6.79. The maximum atomic E-state index is 9.57. The predicted molar refractivity (Wildman–Crippen MR) is 110 cm³/mol. The summed E-state index contributed by atoms with van der Waals surface area (Å²) >= 11 is 6.02. The highest BCUT2D eigenvalue weighted by Gasteiger charge is 2.23. The molecule has 4 rings (SSSR count). The molecule has 1 N–H and O–H groups in total. The fourth-order valence-electron chi connectivity index (χ4n) is 3.64. The first kappa shape index (κ1) is 17.7. The number of rotatable bonds is 4. The van der Waals surface area contributed by atoms with Gasteiger partial charge in [0.15, 0.2) is 0 Å². The minimum atomic E-state index is 0.691. The van der Waals surface area contributed by atoms with Crippen molar-refractivity contribution in [2.75, 3.05) is 31.1 Å². The van der Waals surface area contributed by atoms with Crippen LogP contribution in [-0.4, -0.2) is 36.1 Å². The number of nitrogens with zero attached hydrogens (tertiary/aromatic N) is 3. The van der Waals surface area contributed by atoms with Crippen LogP contribution in [-0.2, 0) is 6.54 Å². The third-order valence-electron chi connectivity index (χ3n) is 5.04. The van der Waals surface area contributed by atoms with Crippen LogP contribution < -0.4 is 4.90 Å². The van der Waals surface area contributed by atoms with E-state index >= 15 is 0 Å². The van der Waals surface area contributed by atoms with Gasteiger partial charge in [-0.15, -0.1) is 0 Å². The summed E-state index contributed by atoms with van der Waals surface area (Å²) in [6.45, 7) is 4.73. The van der Waals surface area contributed by atoms with Gasteiger partial charge >= 0.3 is 0 Å². The second-order valence-corrected chi connectivity index (χ2v) is 7.23. The summed E-state index contributed by atoms with van der Waals surface area (Å²) in [4.78, 5) is 8.07. The molecule has 4 nitrogen and oxygen atoms in total. The quantitative estimate of drug-likeness (QED) is 0.727. The molecule has 5 heteroatoms. The van der Waals surface area contributed by atoms with Crippen molar-refractivity contribution in [2.45, 2.75) is 6.54 Å². The van der Waals surface area contributed by atoms with Crippen molar-refractivity contribution in [3.05, 3.63) is 76.9 Å². The lowest BCUT2D eigenvalue weighted by Gasteiger charge is -2.36. The van der Waals surface area contributed by atoms with Gasteiger partial charge in [0.2, 0.25) is 0 Å². The molecule has 2 heterocycles. The molecule has 0 aliphatic carbocycles. The Kier molecular flexibility index (Phi) is 5.15. The number of aromatic amines is 1. The van der Waals surface area contributed by atoms with Crippen LogP contribution in [0, 0.1) is 11.3 Å². The van der Waals surface area contributed by atoms with Crippen LogP contribution >= 0.6 is 11.6 Å². The average molecular weight is 377 g/mol. The van der Waals surface area contributed by atoms with Crippen LogP contribution in [0.15, 0.2) is 60.8 Å². The van der Waals surface area contributed by atoms with E-state index in [2.05, 4.69) is 51.2 Å². The molecule has 0 bridgehead atoms. The Morgan fingerprint density at radius 2 is 1.67 bits per heavy atom. The molecule has 0 spiro atoms. The van der Waals surface area contributed by atoms with Crippen molar-refractivity contribution in [1.82, 2.24) is 9.88 Å². The Balaban J connectivity index is 1.52. The second kappa shape index (κ2) is 7.87. The smallest absolute Gasteiger partial charge is 0.103 e. The van der Waals surface area contributed by atoms with Crippen LogP contribution in [0.1, 0.15) is 11.1 Å². The van der Waals surface area contributed by atoms with Gasteiger partial charge in [0.1, 0.15) is 6.07 Å². The molecule has 0 saturated carbocycles. The maximum Gasteiger partial charge on any atom is 0.103 e. The minimum absolute atomic E-state index is 0.691. The van der Waals surface area contributed by atoms with E-state index in [9.17, 15) is 5.26 Å². The predicted octanol–water partition coefficient (Wildman–Crippen LogP) is 4.53. The summed E-state index contributed by atoms with van der Waals surface area (Å²) in [5.74, 6) is 0. The van der Waals surface area contributed by atoms with Gasteiger partial charge in [-0.1, -0.05) is 54.1 Å².